The van der Waals surface area contributed by atoms with Gasteiger partial charge in [-0.3, -0.25) is 4.79 Å². The number of nitrogens with zero attached hydrogens (tertiary/aromatic N) is 1. The Kier molecular flexibility index (Phi) is 2.60. The number of H-pyrrole nitrogens is 1. The summed E-state index contributed by atoms with van der Waals surface area (Å²) in [6.45, 7) is 0. The van der Waals surface area contributed by atoms with Crippen LogP contribution in [0.15, 0.2) is 29.1 Å². The van der Waals surface area contributed by atoms with Gasteiger partial charge in [0.15, 0.2) is 5.82 Å². The lowest BCUT2D eigenvalue weighted by Gasteiger charge is -2.18. The van der Waals surface area contributed by atoms with E-state index in [1.54, 1.807) is 0 Å². The van der Waals surface area contributed by atoms with Crippen LogP contribution in [0.2, 0.25) is 0 Å². The van der Waals surface area contributed by atoms with Crippen molar-refractivity contribution in [3.8, 4) is 0 Å². The Morgan fingerprint density at radius 1 is 1.06 bits per heavy atom. The standard InChI is InChI=1S/C10H5F5N2O/c11-9(12,10(13,14)15)8-16-6-4-2-1-3-5(6)7(18)17-8/h1-4H,(H,16,17,18). The van der Waals surface area contributed by atoms with E-state index in [9.17, 15) is 26.7 Å². The van der Waals surface area contributed by atoms with E-state index in [4.69, 9.17) is 0 Å². The maximum atomic E-state index is 13.0. The highest BCUT2D eigenvalue weighted by Gasteiger charge is 2.61. The van der Waals surface area contributed by atoms with Crippen molar-refractivity contribution in [3.05, 3.63) is 40.4 Å². The van der Waals surface area contributed by atoms with E-state index < -0.39 is 23.5 Å². The van der Waals surface area contributed by atoms with Crippen LogP contribution in [-0.4, -0.2) is 16.1 Å². The van der Waals surface area contributed by atoms with E-state index in [0.29, 0.717) is 0 Å². The first-order valence-electron chi connectivity index (χ1n) is 4.67. The van der Waals surface area contributed by atoms with E-state index in [1.165, 1.54) is 29.2 Å². The first-order valence-corrected chi connectivity index (χ1v) is 4.67. The van der Waals surface area contributed by atoms with Crippen LogP contribution in [0.1, 0.15) is 5.82 Å². The number of rotatable bonds is 1. The minimum atomic E-state index is -5.81. The van der Waals surface area contributed by atoms with Crippen molar-refractivity contribution in [2.24, 2.45) is 0 Å². The van der Waals surface area contributed by atoms with Crippen molar-refractivity contribution >= 4 is 10.9 Å². The van der Waals surface area contributed by atoms with Gasteiger partial charge in [-0.05, 0) is 12.1 Å². The SMILES string of the molecule is O=c1[nH]c(C(F)(F)C(F)(F)F)nc2ccccc12. The van der Waals surface area contributed by atoms with Crippen LogP contribution < -0.4 is 5.56 Å². The molecule has 0 amide bonds. The maximum absolute atomic E-state index is 13.0. The molecule has 2 rings (SSSR count). The molecule has 1 heterocycles. The average Bonchev–Trinajstić information content (AvgIpc) is 2.27. The van der Waals surface area contributed by atoms with Crippen LogP contribution in [0.5, 0.6) is 0 Å². The van der Waals surface area contributed by atoms with E-state index >= 15 is 0 Å². The summed E-state index contributed by atoms with van der Waals surface area (Å²) in [5.41, 5.74) is -1.26. The summed E-state index contributed by atoms with van der Waals surface area (Å²) < 4.78 is 62.4. The summed E-state index contributed by atoms with van der Waals surface area (Å²) in [7, 11) is 0. The molecule has 3 nitrogen and oxygen atoms in total. The summed E-state index contributed by atoms with van der Waals surface area (Å²) in [4.78, 5) is 16.0. The molecular formula is C10H5F5N2O. The van der Waals surface area contributed by atoms with Gasteiger partial charge in [-0.1, -0.05) is 12.1 Å². The monoisotopic (exact) mass is 264 g/mol. The van der Waals surface area contributed by atoms with Gasteiger partial charge in [0.2, 0.25) is 0 Å². The molecular weight excluding hydrogens is 259 g/mol. The second kappa shape index (κ2) is 3.76. The van der Waals surface area contributed by atoms with E-state index in [-0.39, 0.29) is 10.9 Å². The Bertz CT molecular complexity index is 646. The topological polar surface area (TPSA) is 45.8 Å². The lowest BCUT2D eigenvalue weighted by Crippen LogP contribution is -2.37. The van der Waals surface area contributed by atoms with Crippen LogP contribution in [0.3, 0.4) is 0 Å². The van der Waals surface area contributed by atoms with Gasteiger partial charge >= 0.3 is 12.1 Å². The fourth-order valence-electron chi connectivity index (χ4n) is 1.37. The van der Waals surface area contributed by atoms with Gasteiger partial charge in [0, 0.05) is 0 Å². The largest absolute Gasteiger partial charge is 0.461 e. The van der Waals surface area contributed by atoms with Gasteiger partial charge in [0.25, 0.3) is 5.56 Å². The number of aromatic amines is 1. The first kappa shape index (κ1) is 12.5. The van der Waals surface area contributed by atoms with E-state index in [1.807, 2.05) is 0 Å². The van der Waals surface area contributed by atoms with Gasteiger partial charge in [-0.25, -0.2) is 4.98 Å². The fraction of sp³-hybridized carbons (Fsp3) is 0.200. The van der Waals surface area contributed by atoms with Gasteiger partial charge in [-0.2, -0.15) is 22.0 Å². The Labute approximate surface area is 96.3 Å². The van der Waals surface area contributed by atoms with Crippen molar-refractivity contribution in [2.75, 3.05) is 0 Å². The Balaban J connectivity index is 2.71. The second-order valence-corrected chi connectivity index (χ2v) is 3.50. The minimum absolute atomic E-state index is 0.0563. The highest BCUT2D eigenvalue weighted by atomic mass is 19.4. The summed E-state index contributed by atoms with van der Waals surface area (Å²) in [5.74, 6) is -6.91. The number of nitrogens with one attached hydrogen (secondary N) is 1. The van der Waals surface area contributed by atoms with Crippen LogP contribution in [0.4, 0.5) is 22.0 Å². The number of benzene rings is 1. The zero-order valence-electron chi connectivity index (χ0n) is 8.55. The molecule has 1 aromatic carbocycles. The number of hydrogen-bond donors (Lipinski definition) is 1. The molecule has 0 aliphatic heterocycles. The summed E-state index contributed by atoms with van der Waals surface area (Å²) in [6, 6.07) is 5.28. The second-order valence-electron chi connectivity index (χ2n) is 3.50. The predicted molar refractivity (Wildman–Crippen MR) is 52.3 cm³/mol. The fourth-order valence-corrected chi connectivity index (χ4v) is 1.37. The maximum Gasteiger partial charge on any atom is 0.461 e. The van der Waals surface area contributed by atoms with Crippen LogP contribution in [-0.2, 0) is 5.92 Å². The Morgan fingerprint density at radius 3 is 2.28 bits per heavy atom. The third kappa shape index (κ3) is 1.83. The van der Waals surface area contributed by atoms with Crippen molar-refractivity contribution in [2.45, 2.75) is 12.1 Å². The number of fused-ring (bicyclic) bond motifs is 1. The number of hydrogen-bond acceptors (Lipinski definition) is 2. The summed E-state index contributed by atoms with van der Waals surface area (Å²) in [5, 5.41) is -0.0563. The molecule has 0 saturated heterocycles. The number of para-hydroxylation sites is 1. The Morgan fingerprint density at radius 2 is 1.67 bits per heavy atom. The molecule has 0 atom stereocenters. The van der Waals surface area contributed by atoms with Crippen LogP contribution in [0.25, 0.3) is 10.9 Å². The minimum Gasteiger partial charge on any atom is -0.305 e. The number of alkyl halides is 5. The number of halogens is 5. The summed E-state index contributed by atoms with van der Waals surface area (Å²) >= 11 is 0. The van der Waals surface area contributed by atoms with Crippen molar-refractivity contribution in [1.82, 2.24) is 9.97 Å². The molecule has 0 unspecified atom stereocenters. The molecule has 0 saturated carbocycles. The molecule has 8 heteroatoms. The van der Waals surface area contributed by atoms with Crippen molar-refractivity contribution < 1.29 is 22.0 Å². The molecule has 0 fully saturated rings. The van der Waals surface area contributed by atoms with Crippen molar-refractivity contribution in [3.63, 3.8) is 0 Å². The molecule has 0 radical (unpaired) electrons. The molecule has 96 valence electrons. The molecule has 2 aromatic rings. The lowest BCUT2D eigenvalue weighted by atomic mass is 10.2. The third-order valence-corrected chi connectivity index (χ3v) is 2.27. The molecule has 0 spiro atoms. The smallest absolute Gasteiger partial charge is 0.305 e. The molecule has 18 heavy (non-hydrogen) atoms. The number of aromatic nitrogens is 2. The molecule has 0 aliphatic carbocycles. The van der Waals surface area contributed by atoms with Gasteiger partial charge < -0.3 is 4.98 Å². The molecule has 1 aromatic heterocycles. The normalized spacial score (nSPS) is 12.9. The lowest BCUT2D eigenvalue weighted by molar-refractivity contribution is -0.292. The van der Waals surface area contributed by atoms with E-state index in [0.717, 1.165) is 0 Å². The van der Waals surface area contributed by atoms with Crippen molar-refractivity contribution in [1.29, 1.82) is 0 Å². The van der Waals surface area contributed by atoms with E-state index in [2.05, 4.69) is 4.98 Å². The predicted octanol–water partition coefficient (Wildman–Crippen LogP) is 2.58. The van der Waals surface area contributed by atoms with Crippen LogP contribution >= 0.6 is 0 Å². The molecule has 0 aliphatic rings. The highest BCUT2D eigenvalue weighted by molar-refractivity contribution is 5.77. The molecule has 0 bridgehead atoms. The van der Waals surface area contributed by atoms with Gasteiger partial charge in [0.1, 0.15) is 0 Å². The quantitative estimate of drug-likeness (QED) is 0.804. The zero-order valence-corrected chi connectivity index (χ0v) is 8.55. The molecule has 1 N–H and O–H groups in total. The third-order valence-electron chi connectivity index (χ3n) is 2.27. The van der Waals surface area contributed by atoms with Gasteiger partial charge in [-0.15, -0.1) is 0 Å². The average molecular weight is 264 g/mol. The summed E-state index contributed by atoms with van der Waals surface area (Å²) in [6.07, 6.45) is -5.81. The zero-order chi connectivity index (χ0) is 13.6. The Hall–Kier alpha value is -1.99. The van der Waals surface area contributed by atoms with Crippen LogP contribution in [0, 0.1) is 0 Å². The highest BCUT2D eigenvalue weighted by Crippen LogP contribution is 2.42. The first-order chi connectivity index (χ1) is 8.23. The van der Waals surface area contributed by atoms with Gasteiger partial charge in [0.05, 0.1) is 10.9 Å².